The molecular weight excluding hydrogens is 352 g/mol. The molecule has 4 rings (SSSR count). The van der Waals surface area contributed by atoms with E-state index in [4.69, 9.17) is 0 Å². The minimum Gasteiger partial charge on any atom is -0.307 e. The van der Waals surface area contributed by atoms with Crippen LogP contribution in [-0.4, -0.2) is 30.5 Å². The van der Waals surface area contributed by atoms with Gasteiger partial charge in [-0.2, -0.15) is 10.2 Å². The number of benzene rings is 1. The first-order chi connectivity index (χ1) is 13.5. The van der Waals surface area contributed by atoms with Crippen LogP contribution in [0.5, 0.6) is 0 Å². The lowest BCUT2D eigenvalue weighted by Crippen LogP contribution is -2.18. The van der Waals surface area contributed by atoms with E-state index in [1.54, 1.807) is 23.0 Å². The van der Waals surface area contributed by atoms with Crippen molar-refractivity contribution in [2.45, 2.75) is 26.8 Å². The molecule has 0 saturated heterocycles. The highest BCUT2D eigenvalue weighted by molar-refractivity contribution is 6.12. The number of rotatable bonds is 4. The predicted molar refractivity (Wildman–Crippen MR) is 108 cm³/mol. The van der Waals surface area contributed by atoms with Gasteiger partial charge in [-0.1, -0.05) is 30.3 Å². The summed E-state index contributed by atoms with van der Waals surface area (Å²) in [4.78, 5) is 17.7. The van der Waals surface area contributed by atoms with Gasteiger partial charge in [0.2, 0.25) is 0 Å². The van der Waals surface area contributed by atoms with E-state index in [2.05, 4.69) is 27.4 Å². The fraction of sp³-hybridized carbons (Fsp3) is 0.238. The van der Waals surface area contributed by atoms with Gasteiger partial charge in [0.15, 0.2) is 5.65 Å². The molecule has 0 aliphatic carbocycles. The Morgan fingerprint density at radius 2 is 1.89 bits per heavy atom. The maximum absolute atomic E-state index is 13.1. The van der Waals surface area contributed by atoms with E-state index in [1.165, 1.54) is 0 Å². The van der Waals surface area contributed by atoms with Gasteiger partial charge < -0.3 is 5.32 Å². The van der Waals surface area contributed by atoms with E-state index in [-0.39, 0.29) is 11.9 Å². The molecular formula is C21H22N6O. The third-order valence-corrected chi connectivity index (χ3v) is 4.90. The first-order valence-electron chi connectivity index (χ1n) is 9.16. The summed E-state index contributed by atoms with van der Waals surface area (Å²) in [5.41, 5.74) is 3.93. The molecule has 28 heavy (non-hydrogen) atoms. The van der Waals surface area contributed by atoms with Crippen LogP contribution in [0.3, 0.4) is 0 Å². The molecule has 7 nitrogen and oxygen atoms in total. The van der Waals surface area contributed by atoms with Gasteiger partial charge in [-0.15, -0.1) is 0 Å². The van der Waals surface area contributed by atoms with E-state index in [0.717, 1.165) is 22.3 Å². The van der Waals surface area contributed by atoms with Crippen molar-refractivity contribution in [3.05, 3.63) is 71.2 Å². The number of nitrogens with one attached hydrogen (secondary N) is 1. The molecule has 1 N–H and O–H groups in total. The molecule has 0 aliphatic rings. The van der Waals surface area contributed by atoms with Gasteiger partial charge in [0, 0.05) is 18.8 Å². The highest BCUT2D eigenvalue weighted by Gasteiger charge is 2.20. The molecule has 0 bridgehead atoms. The van der Waals surface area contributed by atoms with E-state index in [1.807, 2.05) is 55.9 Å². The van der Waals surface area contributed by atoms with Crippen LogP contribution in [0.4, 0.5) is 5.82 Å². The van der Waals surface area contributed by atoms with Crippen LogP contribution in [0.2, 0.25) is 0 Å². The Morgan fingerprint density at radius 1 is 1.14 bits per heavy atom. The summed E-state index contributed by atoms with van der Waals surface area (Å²) in [6.45, 7) is 5.82. The van der Waals surface area contributed by atoms with Crippen molar-refractivity contribution < 1.29 is 4.79 Å². The van der Waals surface area contributed by atoms with Gasteiger partial charge in [0.1, 0.15) is 5.82 Å². The molecule has 3 aromatic heterocycles. The SMILES string of the molecule is Cc1cc(C(=O)Nc2ccnn2C(C)c2ccccc2)c2c(C)nn(C)c2n1. The number of anilines is 1. The molecule has 0 radical (unpaired) electrons. The summed E-state index contributed by atoms with van der Waals surface area (Å²) < 4.78 is 3.52. The second kappa shape index (κ2) is 6.92. The Labute approximate surface area is 163 Å². The number of amides is 1. The Morgan fingerprint density at radius 3 is 2.64 bits per heavy atom. The number of pyridine rings is 1. The first kappa shape index (κ1) is 17.9. The average Bonchev–Trinajstić information content (AvgIpc) is 3.25. The van der Waals surface area contributed by atoms with Crippen molar-refractivity contribution in [3.8, 4) is 0 Å². The predicted octanol–water partition coefficient (Wildman–Crippen LogP) is 3.64. The lowest BCUT2D eigenvalue weighted by Gasteiger charge is -2.16. The molecule has 1 amide bonds. The highest BCUT2D eigenvalue weighted by Crippen LogP contribution is 2.25. The molecule has 142 valence electrons. The van der Waals surface area contributed by atoms with Crippen LogP contribution in [0.1, 0.15) is 40.3 Å². The third-order valence-electron chi connectivity index (χ3n) is 4.90. The number of fused-ring (bicyclic) bond motifs is 1. The molecule has 0 aliphatic heterocycles. The average molecular weight is 374 g/mol. The smallest absolute Gasteiger partial charge is 0.257 e. The van der Waals surface area contributed by atoms with E-state index >= 15 is 0 Å². The van der Waals surface area contributed by atoms with Crippen molar-refractivity contribution in [2.75, 3.05) is 5.32 Å². The fourth-order valence-corrected chi connectivity index (χ4v) is 3.53. The molecule has 4 aromatic rings. The zero-order chi connectivity index (χ0) is 19.8. The summed E-state index contributed by atoms with van der Waals surface area (Å²) >= 11 is 0. The minimum absolute atomic E-state index is 0.00850. The first-order valence-corrected chi connectivity index (χ1v) is 9.16. The monoisotopic (exact) mass is 374 g/mol. The third kappa shape index (κ3) is 3.05. The van der Waals surface area contributed by atoms with Crippen molar-refractivity contribution in [1.29, 1.82) is 0 Å². The lowest BCUT2D eigenvalue weighted by molar-refractivity contribution is 0.102. The number of carbonyl (C=O) groups is 1. The number of hydrogen-bond donors (Lipinski definition) is 1. The maximum atomic E-state index is 13.1. The molecule has 0 saturated carbocycles. The molecule has 0 fully saturated rings. The zero-order valence-corrected chi connectivity index (χ0v) is 16.3. The van der Waals surface area contributed by atoms with Gasteiger partial charge >= 0.3 is 0 Å². The number of hydrogen-bond acceptors (Lipinski definition) is 4. The number of nitrogens with zero attached hydrogens (tertiary/aromatic N) is 5. The number of aryl methyl sites for hydroxylation is 3. The zero-order valence-electron chi connectivity index (χ0n) is 16.3. The van der Waals surface area contributed by atoms with Gasteiger partial charge in [-0.05, 0) is 32.4 Å². The van der Waals surface area contributed by atoms with Gasteiger partial charge in [-0.25, -0.2) is 9.67 Å². The number of carbonyl (C=O) groups excluding carboxylic acids is 1. The van der Waals surface area contributed by atoms with Crippen molar-refractivity contribution in [3.63, 3.8) is 0 Å². The molecule has 1 unspecified atom stereocenters. The maximum Gasteiger partial charge on any atom is 0.257 e. The summed E-state index contributed by atoms with van der Waals surface area (Å²) in [5, 5.41) is 12.6. The number of aromatic nitrogens is 5. The lowest BCUT2D eigenvalue weighted by atomic mass is 10.1. The molecule has 0 spiro atoms. The Balaban J connectivity index is 1.70. The fourth-order valence-electron chi connectivity index (χ4n) is 3.53. The van der Waals surface area contributed by atoms with Crippen LogP contribution in [-0.2, 0) is 7.05 Å². The van der Waals surface area contributed by atoms with Crippen molar-refractivity contribution in [2.24, 2.45) is 7.05 Å². The van der Waals surface area contributed by atoms with Gasteiger partial charge in [0.25, 0.3) is 5.91 Å². The summed E-state index contributed by atoms with van der Waals surface area (Å²) in [5.74, 6) is 0.444. The summed E-state index contributed by atoms with van der Waals surface area (Å²) in [6.07, 6.45) is 1.69. The molecule has 7 heteroatoms. The van der Waals surface area contributed by atoms with Crippen molar-refractivity contribution in [1.82, 2.24) is 24.5 Å². The summed E-state index contributed by atoms with van der Waals surface area (Å²) in [6, 6.07) is 13.7. The largest absolute Gasteiger partial charge is 0.307 e. The van der Waals surface area contributed by atoms with E-state index in [0.29, 0.717) is 17.0 Å². The van der Waals surface area contributed by atoms with E-state index < -0.39 is 0 Å². The van der Waals surface area contributed by atoms with Gasteiger partial charge in [0.05, 0.1) is 28.9 Å². The Bertz CT molecular complexity index is 1160. The minimum atomic E-state index is -0.200. The van der Waals surface area contributed by atoms with Crippen LogP contribution in [0.25, 0.3) is 11.0 Å². The Hall–Kier alpha value is -3.48. The molecule has 3 heterocycles. The summed E-state index contributed by atoms with van der Waals surface area (Å²) in [7, 11) is 1.83. The van der Waals surface area contributed by atoms with Crippen LogP contribution >= 0.6 is 0 Å². The molecule has 1 aromatic carbocycles. The van der Waals surface area contributed by atoms with Crippen molar-refractivity contribution >= 4 is 22.8 Å². The van der Waals surface area contributed by atoms with Crippen LogP contribution in [0, 0.1) is 13.8 Å². The van der Waals surface area contributed by atoms with Crippen LogP contribution < -0.4 is 5.32 Å². The van der Waals surface area contributed by atoms with Gasteiger partial charge in [-0.3, -0.25) is 9.48 Å². The Kier molecular flexibility index (Phi) is 4.43. The normalized spacial score (nSPS) is 12.3. The second-order valence-electron chi connectivity index (χ2n) is 6.92. The van der Waals surface area contributed by atoms with E-state index in [9.17, 15) is 4.79 Å². The molecule has 1 atom stereocenters. The van der Waals surface area contributed by atoms with Crippen LogP contribution in [0.15, 0.2) is 48.7 Å². The second-order valence-corrected chi connectivity index (χ2v) is 6.92. The topological polar surface area (TPSA) is 77.6 Å². The quantitative estimate of drug-likeness (QED) is 0.591. The highest BCUT2D eigenvalue weighted by atomic mass is 16.1. The standard InChI is InChI=1S/C21H22N6O/c1-13-12-17(19-14(2)25-26(4)20(19)23-13)21(28)24-18-10-11-22-27(18)15(3)16-8-6-5-7-9-16/h5-12,15H,1-4H3,(H,24,28).